The molecule has 88 valence electrons. The highest BCUT2D eigenvalue weighted by Gasteiger charge is 2.42. The van der Waals surface area contributed by atoms with Gasteiger partial charge in [-0.05, 0) is 30.6 Å². The van der Waals surface area contributed by atoms with E-state index < -0.39 is 0 Å². The molecule has 0 saturated heterocycles. The summed E-state index contributed by atoms with van der Waals surface area (Å²) in [6, 6.07) is 0. The molecular weight excluding hydrogens is 210 g/mol. The van der Waals surface area contributed by atoms with E-state index in [-0.39, 0.29) is 29.1 Å². The number of nitrogens with one attached hydrogen (secondary N) is 1. The maximum Gasteiger partial charge on any atom is 0.233 e. The van der Waals surface area contributed by atoms with E-state index in [1.54, 1.807) is 0 Å². The SMILES string of the molecule is CC(C)C(S)C(=O)NCC1(CCO)CC1. The normalized spacial score (nSPS) is 20.1. The number of hydrogen-bond donors (Lipinski definition) is 3. The third-order valence-corrected chi connectivity index (χ3v) is 3.97. The number of aliphatic hydroxyl groups is 1. The van der Waals surface area contributed by atoms with Gasteiger partial charge in [0, 0.05) is 13.2 Å². The fraction of sp³-hybridized carbons (Fsp3) is 0.909. The van der Waals surface area contributed by atoms with Crippen LogP contribution in [-0.4, -0.2) is 29.4 Å². The highest BCUT2D eigenvalue weighted by Crippen LogP contribution is 2.47. The topological polar surface area (TPSA) is 49.3 Å². The van der Waals surface area contributed by atoms with Crippen LogP contribution in [0.15, 0.2) is 0 Å². The summed E-state index contributed by atoms with van der Waals surface area (Å²) in [6.45, 7) is 4.87. The summed E-state index contributed by atoms with van der Waals surface area (Å²) in [4.78, 5) is 11.6. The monoisotopic (exact) mass is 231 g/mol. The van der Waals surface area contributed by atoms with Crippen molar-refractivity contribution in [3.8, 4) is 0 Å². The van der Waals surface area contributed by atoms with Gasteiger partial charge < -0.3 is 10.4 Å². The number of hydrogen-bond acceptors (Lipinski definition) is 3. The molecule has 0 heterocycles. The van der Waals surface area contributed by atoms with Gasteiger partial charge in [0.25, 0.3) is 0 Å². The molecule has 1 saturated carbocycles. The third-order valence-electron chi connectivity index (χ3n) is 3.14. The Morgan fingerprint density at radius 3 is 2.53 bits per heavy atom. The predicted molar refractivity (Wildman–Crippen MR) is 64.0 cm³/mol. The number of rotatable bonds is 6. The molecule has 0 bridgehead atoms. The molecule has 1 unspecified atom stereocenters. The molecule has 1 aliphatic carbocycles. The minimum Gasteiger partial charge on any atom is -0.396 e. The Balaban J connectivity index is 2.28. The molecule has 15 heavy (non-hydrogen) atoms. The van der Waals surface area contributed by atoms with E-state index in [0.717, 1.165) is 19.3 Å². The van der Waals surface area contributed by atoms with Gasteiger partial charge in [-0.25, -0.2) is 0 Å². The summed E-state index contributed by atoms with van der Waals surface area (Å²) in [6.07, 6.45) is 3.03. The van der Waals surface area contributed by atoms with E-state index in [0.29, 0.717) is 6.54 Å². The summed E-state index contributed by atoms with van der Waals surface area (Å²) in [5, 5.41) is 11.6. The number of amides is 1. The Labute approximate surface area is 97.0 Å². The van der Waals surface area contributed by atoms with Crippen molar-refractivity contribution in [1.29, 1.82) is 0 Å². The molecule has 1 fully saturated rings. The lowest BCUT2D eigenvalue weighted by molar-refractivity contribution is -0.121. The van der Waals surface area contributed by atoms with Crippen LogP contribution in [0.2, 0.25) is 0 Å². The van der Waals surface area contributed by atoms with Crippen molar-refractivity contribution < 1.29 is 9.90 Å². The molecule has 0 aliphatic heterocycles. The number of carbonyl (C=O) groups excluding carboxylic acids is 1. The lowest BCUT2D eigenvalue weighted by Crippen LogP contribution is -2.38. The standard InChI is InChI=1S/C11H21NO2S/c1-8(2)9(15)10(14)12-7-11(3-4-11)5-6-13/h8-9,13,15H,3-7H2,1-2H3,(H,12,14). The maximum absolute atomic E-state index is 11.6. The van der Waals surface area contributed by atoms with Crippen LogP contribution in [0.25, 0.3) is 0 Å². The average Bonchev–Trinajstić information content (AvgIpc) is 2.94. The van der Waals surface area contributed by atoms with Gasteiger partial charge in [-0.1, -0.05) is 13.8 Å². The molecule has 0 aromatic rings. The zero-order chi connectivity index (χ0) is 11.5. The molecule has 4 heteroatoms. The first-order chi connectivity index (χ1) is 7.01. The zero-order valence-electron chi connectivity index (χ0n) is 9.49. The second-order valence-electron chi connectivity index (χ2n) is 4.88. The van der Waals surface area contributed by atoms with E-state index >= 15 is 0 Å². The number of carbonyl (C=O) groups is 1. The fourth-order valence-electron chi connectivity index (χ4n) is 1.61. The van der Waals surface area contributed by atoms with Crippen LogP contribution >= 0.6 is 12.6 Å². The van der Waals surface area contributed by atoms with Crippen LogP contribution < -0.4 is 5.32 Å². The van der Waals surface area contributed by atoms with Gasteiger partial charge in [0.05, 0.1) is 5.25 Å². The Hall–Kier alpha value is -0.220. The van der Waals surface area contributed by atoms with Crippen molar-refractivity contribution in [3.05, 3.63) is 0 Å². The van der Waals surface area contributed by atoms with Crippen LogP contribution in [0.4, 0.5) is 0 Å². The molecule has 1 amide bonds. The highest BCUT2D eigenvalue weighted by atomic mass is 32.1. The summed E-state index contributed by atoms with van der Waals surface area (Å²) >= 11 is 4.26. The first-order valence-corrected chi connectivity index (χ1v) is 6.09. The largest absolute Gasteiger partial charge is 0.396 e. The minimum absolute atomic E-state index is 0.0116. The van der Waals surface area contributed by atoms with E-state index in [1.807, 2.05) is 13.8 Å². The van der Waals surface area contributed by atoms with Crippen LogP contribution in [0, 0.1) is 11.3 Å². The molecule has 2 N–H and O–H groups in total. The van der Waals surface area contributed by atoms with E-state index in [9.17, 15) is 4.79 Å². The van der Waals surface area contributed by atoms with Gasteiger partial charge in [-0.3, -0.25) is 4.79 Å². The predicted octanol–water partition coefficient (Wildman–Crippen LogP) is 1.22. The van der Waals surface area contributed by atoms with Gasteiger partial charge in [-0.15, -0.1) is 0 Å². The smallest absolute Gasteiger partial charge is 0.233 e. The Bertz CT molecular complexity index is 227. The van der Waals surface area contributed by atoms with Gasteiger partial charge in [0.1, 0.15) is 0 Å². The maximum atomic E-state index is 11.6. The summed E-state index contributed by atoms with van der Waals surface area (Å²) < 4.78 is 0. The quantitative estimate of drug-likeness (QED) is 0.602. The molecule has 0 aromatic heterocycles. The van der Waals surface area contributed by atoms with Gasteiger partial charge >= 0.3 is 0 Å². The van der Waals surface area contributed by atoms with E-state index in [2.05, 4.69) is 17.9 Å². The van der Waals surface area contributed by atoms with Gasteiger partial charge in [0.15, 0.2) is 0 Å². The van der Waals surface area contributed by atoms with Crippen molar-refractivity contribution in [2.75, 3.05) is 13.2 Å². The van der Waals surface area contributed by atoms with Crippen molar-refractivity contribution in [3.63, 3.8) is 0 Å². The number of thiol groups is 1. The fourth-order valence-corrected chi connectivity index (χ4v) is 1.70. The van der Waals surface area contributed by atoms with E-state index in [4.69, 9.17) is 5.11 Å². The van der Waals surface area contributed by atoms with Crippen LogP contribution in [0.1, 0.15) is 33.1 Å². The Kier molecular flexibility index (Phi) is 4.46. The molecule has 1 rings (SSSR count). The highest BCUT2D eigenvalue weighted by molar-refractivity contribution is 7.81. The number of aliphatic hydroxyl groups excluding tert-OH is 1. The zero-order valence-corrected chi connectivity index (χ0v) is 10.4. The summed E-state index contributed by atoms with van der Waals surface area (Å²) in [5.41, 5.74) is 0.189. The lowest BCUT2D eigenvalue weighted by atomic mass is 10.0. The summed E-state index contributed by atoms with van der Waals surface area (Å²) in [7, 11) is 0. The van der Waals surface area contributed by atoms with Crippen LogP contribution in [0.3, 0.4) is 0 Å². The van der Waals surface area contributed by atoms with Crippen molar-refractivity contribution in [2.24, 2.45) is 11.3 Å². The van der Waals surface area contributed by atoms with Crippen molar-refractivity contribution in [1.82, 2.24) is 5.32 Å². The Morgan fingerprint density at radius 2 is 2.13 bits per heavy atom. The van der Waals surface area contributed by atoms with Crippen LogP contribution in [-0.2, 0) is 4.79 Å². The molecule has 1 aliphatic rings. The second kappa shape index (κ2) is 5.21. The average molecular weight is 231 g/mol. The lowest BCUT2D eigenvalue weighted by Gasteiger charge is -2.18. The molecule has 0 aromatic carbocycles. The molecule has 0 spiro atoms. The molecule has 0 radical (unpaired) electrons. The summed E-state index contributed by atoms with van der Waals surface area (Å²) in [5.74, 6) is 0.263. The first kappa shape index (κ1) is 12.8. The van der Waals surface area contributed by atoms with Gasteiger partial charge in [-0.2, -0.15) is 12.6 Å². The molecule has 1 atom stereocenters. The Morgan fingerprint density at radius 1 is 1.53 bits per heavy atom. The van der Waals surface area contributed by atoms with Gasteiger partial charge in [0.2, 0.25) is 5.91 Å². The third kappa shape index (κ3) is 3.68. The molecular formula is C11H21NO2S. The van der Waals surface area contributed by atoms with Crippen molar-refractivity contribution >= 4 is 18.5 Å². The van der Waals surface area contributed by atoms with E-state index in [1.165, 1.54) is 0 Å². The second-order valence-corrected chi connectivity index (χ2v) is 5.44. The first-order valence-electron chi connectivity index (χ1n) is 5.57. The molecule has 3 nitrogen and oxygen atoms in total. The van der Waals surface area contributed by atoms with Crippen LogP contribution in [0.5, 0.6) is 0 Å². The van der Waals surface area contributed by atoms with Crippen molar-refractivity contribution in [2.45, 2.75) is 38.4 Å². The minimum atomic E-state index is -0.227.